The molecule has 0 spiro atoms. The number of nitrogens with zero attached hydrogens (tertiary/aromatic N) is 2. The number of carbonyl (C=O) groups is 1. The Kier molecular flexibility index (Phi) is 5.05. The molecule has 2 aromatic rings. The molecule has 1 amide bonds. The van der Waals surface area contributed by atoms with Crippen LogP contribution in [0.3, 0.4) is 0 Å². The summed E-state index contributed by atoms with van der Waals surface area (Å²) in [5.74, 6) is 0.603. The molecule has 1 aliphatic rings. The van der Waals surface area contributed by atoms with Crippen molar-refractivity contribution < 1.29 is 4.79 Å². The lowest BCUT2D eigenvalue weighted by Gasteiger charge is -2.32. The molecule has 5 heteroatoms. The normalized spacial score (nSPS) is 15.4. The molecule has 1 saturated heterocycles. The van der Waals surface area contributed by atoms with Crippen molar-refractivity contribution in [2.24, 2.45) is 5.92 Å². The number of hydrogen-bond acceptors (Lipinski definition) is 3. The van der Waals surface area contributed by atoms with Gasteiger partial charge in [-0.05, 0) is 49.4 Å². The van der Waals surface area contributed by atoms with E-state index in [1.165, 1.54) is 12.8 Å². The van der Waals surface area contributed by atoms with Crippen LogP contribution in [0.4, 0.5) is 11.4 Å². The predicted molar refractivity (Wildman–Crippen MR) is 99.0 cm³/mol. The number of rotatable bonds is 3. The molecule has 0 unspecified atom stereocenters. The van der Waals surface area contributed by atoms with Crippen LogP contribution in [-0.4, -0.2) is 24.0 Å². The molecule has 2 heterocycles. The van der Waals surface area contributed by atoms with Gasteiger partial charge in [-0.15, -0.1) is 0 Å². The van der Waals surface area contributed by atoms with Crippen LogP contribution < -0.4 is 10.2 Å². The molecule has 0 aliphatic carbocycles. The summed E-state index contributed by atoms with van der Waals surface area (Å²) in [6, 6.07) is 7.40. The average Bonchev–Trinajstić information content (AvgIpc) is 2.60. The molecular weight excluding hydrogens is 322 g/mol. The standard InChI is InChI=1S/C19H22ClN3O/c1-13-6-8-23(9-7-13)16-10-15(11-21-12-16)19(24)22-18-5-3-4-17(20)14(18)2/h3-5,10-13H,6-9H2,1-2H3,(H,22,24). The van der Waals surface area contributed by atoms with Crippen LogP contribution >= 0.6 is 11.6 Å². The van der Waals surface area contributed by atoms with E-state index < -0.39 is 0 Å². The lowest BCUT2D eigenvalue weighted by atomic mass is 9.99. The molecule has 1 N–H and O–H groups in total. The van der Waals surface area contributed by atoms with Crippen LogP contribution in [0, 0.1) is 12.8 Å². The first kappa shape index (κ1) is 16.8. The number of amides is 1. The smallest absolute Gasteiger partial charge is 0.257 e. The Morgan fingerprint density at radius 2 is 2.04 bits per heavy atom. The van der Waals surface area contributed by atoms with Gasteiger partial charge in [0.05, 0.1) is 17.4 Å². The number of halogens is 1. The summed E-state index contributed by atoms with van der Waals surface area (Å²) < 4.78 is 0. The van der Waals surface area contributed by atoms with Gasteiger partial charge in [0, 0.05) is 30.0 Å². The van der Waals surface area contributed by atoms with Crippen molar-refractivity contribution in [1.29, 1.82) is 0 Å². The Labute approximate surface area is 147 Å². The minimum atomic E-state index is -0.167. The quantitative estimate of drug-likeness (QED) is 0.890. The SMILES string of the molecule is Cc1c(Cl)cccc1NC(=O)c1cncc(N2CCC(C)CC2)c1. The topological polar surface area (TPSA) is 45.2 Å². The largest absolute Gasteiger partial charge is 0.370 e. The van der Waals surface area contributed by atoms with Gasteiger partial charge in [-0.25, -0.2) is 0 Å². The predicted octanol–water partition coefficient (Wildman–Crippen LogP) is 4.53. The van der Waals surface area contributed by atoms with E-state index in [-0.39, 0.29) is 5.91 Å². The van der Waals surface area contributed by atoms with Crippen molar-refractivity contribution in [3.8, 4) is 0 Å². The molecule has 1 aliphatic heterocycles. The van der Waals surface area contributed by atoms with Crippen molar-refractivity contribution in [3.05, 3.63) is 52.8 Å². The van der Waals surface area contributed by atoms with Gasteiger partial charge in [-0.2, -0.15) is 0 Å². The zero-order valence-corrected chi connectivity index (χ0v) is 14.8. The number of aromatic nitrogens is 1. The van der Waals surface area contributed by atoms with Crippen molar-refractivity contribution in [2.45, 2.75) is 26.7 Å². The van der Waals surface area contributed by atoms with Gasteiger partial charge in [0.15, 0.2) is 0 Å². The number of hydrogen-bond donors (Lipinski definition) is 1. The zero-order chi connectivity index (χ0) is 17.1. The minimum Gasteiger partial charge on any atom is -0.370 e. The number of nitrogens with one attached hydrogen (secondary N) is 1. The number of anilines is 2. The molecule has 0 bridgehead atoms. The second-order valence-corrected chi connectivity index (χ2v) is 6.88. The molecule has 126 valence electrons. The summed E-state index contributed by atoms with van der Waals surface area (Å²) in [6.07, 6.45) is 5.79. The molecule has 3 rings (SSSR count). The van der Waals surface area contributed by atoms with Gasteiger partial charge in [0.25, 0.3) is 5.91 Å². The highest BCUT2D eigenvalue weighted by molar-refractivity contribution is 6.31. The van der Waals surface area contributed by atoms with Gasteiger partial charge in [0.2, 0.25) is 0 Å². The van der Waals surface area contributed by atoms with Crippen LogP contribution in [0.15, 0.2) is 36.7 Å². The summed E-state index contributed by atoms with van der Waals surface area (Å²) in [4.78, 5) is 19.1. The van der Waals surface area contributed by atoms with Crippen LogP contribution in [0.25, 0.3) is 0 Å². The number of benzene rings is 1. The number of pyridine rings is 1. The summed E-state index contributed by atoms with van der Waals surface area (Å²) in [5.41, 5.74) is 3.16. The maximum absolute atomic E-state index is 12.6. The first-order valence-corrected chi connectivity index (χ1v) is 8.69. The van der Waals surface area contributed by atoms with Crippen molar-refractivity contribution in [1.82, 2.24) is 4.98 Å². The molecular formula is C19H22ClN3O. The van der Waals surface area contributed by atoms with Crippen LogP contribution in [0.5, 0.6) is 0 Å². The highest BCUT2D eigenvalue weighted by Crippen LogP contribution is 2.25. The van der Waals surface area contributed by atoms with Crippen LogP contribution in [-0.2, 0) is 0 Å². The lowest BCUT2D eigenvalue weighted by molar-refractivity contribution is 0.102. The third kappa shape index (κ3) is 3.70. The van der Waals surface area contributed by atoms with E-state index in [0.717, 1.165) is 35.9 Å². The van der Waals surface area contributed by atoms with Gasteiger partial charge < -0.3 is 10.2 Å². The molecule has 24 heavy (non-hydrogen) atoms. The second-order valence-electron chi connectivity index (χ2n) is 6.47. The molecule has 1 aromatic carbocycles. The molecule has 1 aromatic heterocycles. The summed E-state index contributed by atoms with van der Waals surface area (Å²) >= 11 is 6.11. The Morgan fingerprint density at radius 1 is 1.29 bits per heavy atom. The Morgan fingerprint density at radius 3 is 2.79 bits per heavy atom. The maximum Gasteiger partial charge on any atom is 0.257 e. The summed E-state index contributed by atoms with van der Waals surface area (Å²) in [5, 5.41) is 3.56. The van der Waals surface area contributed by atoms with Crippen molar-refractivity contribution in [2.75, 3.05) is 23.3 Å². The Hall–Kier alpha value is -2.07. The summed E-state index contributed by atoms with van der Waals surface area (Å²) in [6.45, 7) is 6.21. The first-order chi connectivity index (χ1) is 11.5. The highest BCUT2D eigenvalue weighted by atomic mass is 35.5. The minimum absolute atomic E-state index is 0.167. The molecule has 0 saturated carbocycles. The van der Waals surface area contributed by atoms with Crippen LogP contribution in [0.2, 0.25) is 5.02 Å². The van der Waals surface area contributed by atoms with Crippen molar-refractivity contribution >= 4 is 28.9 Å². The van der Waals surface area contributed by atoms with E-state index in [1.54, 1.807) is 6.20 Å². The number of piperidine rings is 1. The monoisotopic (exact) mass is 343 g/mol. The molecule has 0 atom stereocenters. The van der Waals surface area contributed by atoms with Gasteiger partial charge in [0.1, 0.15) is 0 Å². The molecule has 0 radical (unpaired) electrons. The Balaban J connectivity index is 1.76. The third-order valence-electron chi connectivity index (χ3n) is 4.65. The average molecular weight is 344 g/mol. The Bertz CT molecular complexity index is 739. The van der Waals surface area contributed by atoms with E-state index in [9.17, 15) is 4.79 Å². The number of carbonyl (C=O) groups excluding carboxylic acids is 1. The lowest BCUT2D eigenvalue weighted by Crippen LogP contribution is -2.33. The van der Waals surface area contributed by atoms with Crippen LogP contribution in [0.1, 0.15) is 35.7 Å². The third-order valence-corrected chi connectivity index (χ3v) is 5.06. The van der Waals surface area contributed by atoms with E-state index in [4.69, 9.17) is 11.6 Å². The van der Waals surface area contributed by atoms with E-state index in [1.807, 2.05) is 37.4 Å². The second kappa shape index (κ2) is 7.22. The summed E-state index contributed by atoms with van der Waals surface area (Å²) in [7, 11) is 0. The van der Waals surface area contributed by atoms with E-state index >= 15 is 0 Å². The highest BCUT2D eigenvalue weighted by Gasteiger charge is 2.18. The fourth-order valence-corrected chi connectivity index (χ4v) is 3.10. The molecule has 1 fully saturated rings. The fraction of sp³-hybridized carbons (Fsp3) is 0.368. The fourth-order valence-electron chi connectivity index (χ4n) is 2.93. The van der Waals surface area contributed by atoms with E-state index in [0.29, 0.717) is 10.6 Å². The first-order valence-electron chi connectivity index (χ1n) is 8.31. The molecule has 4 nitrogen and oxygen atoms in total. The van der Waals surface area contributed by atoms with Gasteiger partial charge in [-0.1, -0.05) is 24.6 Å². The van der Waals surface area contributed by atoms with E-state index in [2.05, 4.69) is 22.1 Å². The maximum atomic E-state index is 12.6. The van der Waals surface area contributed by atoms with Gasteiger partial charge >= 0.3 is 0 Å². The zero-order valence-electron chi connectivity index (χ0n) is 14.1. The van der Waals surface area contributed by atoms with Gasteiger partial charge in [-0.3, -0.25) is 9.78 Å². The van der Waals surface area contributed by atoms with Crippen molar-refractivity contribution in [3.63, 3.8) is 0 Å².